The summed E-state index contributed by atoms with van der Waals surface area (Å²) in [6.07, 6.45) is 10.7. The molecule has 1 aromatic carbocycles. The fraction of sp³-hybridized carbons (Fsp3) is 0.560. The second-order valence-electron chi connectivity index (χ2n) is 9.86. The smallest absolute Gasteiger partial charge is 0.0547 e. The average molecular weight is 361 g/mol. The molecule has 142 valence electrons. The molecule has 1 aromatic heterocycles. The Morgan fingerprint density at radius 1 is 0.926 bits per heavy atom. The quantitative estimate of drug-likeness (QED) is 0.715. The molecule has 0 atom stereocenters. The summed E-state index contributed by atoms with van der Waals surface area (Å²) in [5.74, 6) is 3.55. The molecule has 27 heavy (non-hydrogen) atoms. The van der Waals surface area contributed by atoms with Crippen LogP contribution in [0, 0.1) is 17.8 Å². The van der Waals surface area contributed by atoms with Crippen LogP contribution in [-0.2, 0) is 6.54 Å². The van der Waals surface area contributed by atoms with Crippen LogP contribution in [0.5, 0.6) is 0 Å². The highest BCUT2D eigenvalue weighted by atomic mass is 15.0. The number of pyridine rings is 1. The van der Waals surface area contributed by atoms with Crippen LogP contribution in [-0.4, -0.2) is 10.5 Å². The zero-order chi connectivity index (χ0) is 18.4. The number of nitrogens with one attached hydrogen (secondary N) is 1. The molecule has 0 spiro atoms. The third-order valence-corrected chi connectivity index (χ3v) is 7.41. The zero-order valence-corrected chi connectivity index (χ0v) is 16.7. The van der Waals surface area contributed by atoms with Crippen molar-refractivity contribution in [1.29, 1.82) is 0 Å². The lowest BCUT2D eigenvalue weighted by Crippen LogP contribution is -2.58. The molecule has 0 amide bonds. The van der Waals surface area contributed by atoms with Crippen LogP contribution in [0.15, 0.2) is 42.6 Å². The molecule has 6 rings (SSSR count). The van der Waals surface area contributed by atoms with Gasteiger partial charge in [-0.15, -0.1) is 0 Å². The van der Waals surface area contributed by atoms with Crippen molar-refractivity contribution in [2.24, 2.45) is 17.8 Å². The predicted octanol–water partition coefficient (Wildman–Crippen LogP) is 5.93. The first-order chi connectivity index (χ1) is 13.1. The molecule has 0 saturated heterocycles. The van der Waals surface area contributed by atoms with E-state index in [4.69, 9.17) is 0 Å². The topological polar surface area (TPSA) is 24.9 Å². The Morgan fingerprint density at radius 2 is 1.56 bits per heavy atom. The van der Waals surface area contributed by atoms with E-state index in [1.807, 2.05) is 6.20 Å². The molecular formula is C25H32N2. The lowest BCUT2D eigenvalue weighted by atomic mass is 9.53. The highest BCUT2D eigenvalue weighted by Crippen LogP contribution is 2.55. The van der Waals surface area contributed by atoms with Gasteiger partial charge in [0.1, 0.15) is 0 Å². The Hall–Kier alpha value is -1.67. The maximum absolute atomic E-state index is 4.67. The molecule has 0 radical (unpaired) electrons. The Kier molecular flexibility index (Phi) is 4.35. The fourth-order valence-corrected chi connectivity index (χ4v) is 6.42. The van der Waals surface area contributed by atoms with Crippen LogP contribution >= 0.6 is 0 Å². The molecule has 4 aliphatic rings. The minimum Gasteiger partial charge on any atom is -0.306 e. The van der Waals surface area contributed by atoms with E-state index in [9.17, 15) is 0 Å². The van der Waals surface area contributed by atoms with Crippen molar-refractivity contribution in [3.63, 3.8) is 0 Å². The van der Waals surface area contributed by atoms with Crippen molar-refractivity contribution in [2.45, 2.75) is 70.4 Å². The van der Waals surface area contributed by atoms with Crippen molar-refractivity contribution >= 4 is 0 Å². The summed E-state index contributed by atoms with van der Waals surface area (Å²) >= 11 is 0. The first-order valence-electron chi connectivity index (χ1n) is 10.9. The van der Waals surface area contributed by atoms with E-state index < -0.39 is 0 Å². The summed E-state index contributed by atoms with van der Waals surface area (Å²) in [7, 11) is 0. The van der Waals surface area contributed by atoms with Crippen LogP contribution in [0.25, 0.3) is 11.1 Å². The molecule has 2 nitrogen and oxygen atoms in total. The van der Waals surface area contributed by atoms with Gasteiger partial charge in [0.05, 0.1) is 5.69 Å². The third-order valence-electron chi connectivity index (χ3n) is 7.41. The number of aromatic nitrogens is 1. The molecular weight excluding hydrogens is 328 g/mol. The molecule has 4 bridgehead atoms. The standard InChI is InChI=1S/C25H32N2/c1-17(2)21-3-5-22(6-4-21)23-7-8-26-24(12-23)16-27-25-13-18-9-19(14-25)11-20(10-18)15-25/h3-8,12,17-20,27H,9-11,13-16H2,1-2H3. The van der Waals surface area contributed by atoms with E-state index >= 15 is 0 Å². The summed E-state index contributed by atoms with van der Waals surface area (Å²) in [5.41, 5.74) is 5.55. The Balaban J connectivity index is 1.30. The maximum atomic E-state index is 4.67. The van der Waals surface area contributed by atoms with Gasteiger partial charge < -0.3 is 5.32 Å². The number of hydrogen-bond donors (Lipinski definition) is 1. The van der Waals surface area contributed by atoms with Crippen molar-refractivity contribution in [3.8, 4) is 11.1 Å². The number of benzene rings is 1. The molecule has 4 fully saturated rings. The van der Waals surface area contributed by atoms with Crippen molar-refractivity contribution in [3.05, 3.63) is 53.9 Å². The number of nitrogens with zero attached hydrogens (tertiary/aromatic N) is 1. The van der Waals surface area contributed by atoms with Gasteiger partial charge in [0.2, 0.25) is 0 Å². The summed E-state index contributed by atoms with van der Waals surface area (Å²) in [4.78, 5) is 4.67. The highest BCUT2D eigenvalue weighted by Gasteiger charge is 2.50. The van der Waals surface area contributed by atoms with Gasteiger partial charge in [0.15, 0.2) is 0 Å². The van der Waals surface area contributed by atoms with Crippen LogP contribution in [0.2, 0.25) is 0 Å². The van der Waals surface area contributed by atoms with Crippen LogP contribution < -0.4 is 5.32 Å². The molecule has 0 aliphatic heterocycles. The van der Waals surface area contributed by atoms with Gasteiger partial charge in [-0.05, 0) is 91.0 Å². The summed E-state index contributed by atoms with van der Waals surface area (Å²) < 4.78 is 0. The lowest BCUT2D eigenvalue weighted by Gasteiger charge is -2.57. The normalized spacial score (nSPS) is 31.6. The van der Waals surface area contributed by atoms with Crippen LogP contribution in [0.4, 0.5) is 0 Å². The number of hydrogen-bond acceptors (Lipinski definition) is 2. The maximum Gasteiger partial charge on any atom is 0.0547 e. The largest absolute Gasteiger partial charge is 0.306 e. The SMILES string of the molecule is CC(C)c1ccc(-c2ccnc(CNC34CC5CC(CC(C5)C3)C4)c2)cc1. The fourth-order valence-electron chi connectivity index (χ4n) is 6.42. The third kappa shape index (κ3) is 3.45. The van der Waals surface area contributed by atoms with E-state index in [-0.39, 0.29) is 0 Å². The van der Waals surface area contributed by atoms with Gasteiger partial charge in [-0.25, -0.2) is 0 Å². The van der Waals surface area contributed by atoms with Gasteiger partial charge >= 0.3 is 0 Å². The molecule has 1 heterocycles. The van der Waals surface area contributed by atoms with E-state index in [1.54, 1.807) is 0 Å². The van der Waals surface area contributed by atoms with Gasteiger partial charge in [0.25, 0.3) is 0 Å². The summed E-state index contributed by atoms with van der Waals surface area (Å²) in [6.45, 7) is 5.40. The van der Waals surface area contributed by atoms with E-state index in [0.29, 0.717) is 11.5 Å². The Morgan fingerprint density at radius 3 is 2.15 bits per heavy atom. The van der Waals surface area contributed by atoms with E-state index in [2.05, 4.69) is 60.5 Å². The zero-order valence-electron chi connectivity index (χ0n) is 16.7. The molecule has 1 N–H and O–H groups in total. The lowest BCUT2D eigenvalue weighted by molar-refractivity contribution is -0.0207. The van der Waals surface area contributed by atoms with Crippen molar-refractivity contribution < 1.29 is 0 Å². The minimum atomic E-state index is 0.408. The average Bonchev–Trinajstić information content (AvgIpc) is 2.66. The Labute approximate surface area is 163 Å². The van der Waals surface area contributed by atoms with Gasteiger partial charge in [-0.3, -0.25) is 4.98 Å². The van der Waals surface area contributed by atoms with Crippen molar-refractivity contribution in [2.75, 3.05) is 0 Å². The van der Waals surface area contributed by atoms with Crippen molar-refractivity contribution in [1.82, 2.24) is 10.3 Å². The minimum absolute atomic E-state index is 0.408. The molecule has 0 unspecified atom stereocenters. The second kappa shape index (κ2) is 6.74. The van der Waals surface area contributed by atoms with Crippen LogP contribution in [0.3, 0.4) is 0 Å². The van der Waals surface area contributed by atoms with Gasteiger partial charge in [0, 0.05) is 18.3 Å². The van der Waals surface area contributed by atoms with E-state index in [0.717, 1.165) is 24.3 Å². The highest BCUT2D eigenvalue weighted by molar-refractivity contribution is 5.63. The molecule has 4 saturated carbocycles. The molecule has 2 aromatic rings. The Bertz CT molecular complexity index is 770. The summed E-state index contributed by atoms with van der Waals surface area (Å²) in [5, 5.41) is 3.98. The van der Waals surface area contributed by atoms with Gasteiger partial charge in [-0.2, -0.15) is 0 Å². The molecule has 4 aliphatic carbocycles. The van der Waals surface area contributed by atoms with Crippen LogP contribution in [0.1, 0.15) is 69.5 Å². The first kappa shape index (κ1) is 17.4. The number of rotatable bonds is 5. The van der Waals surface area contributed by atoms with E-state index in [1.165, 1.54) is 60.9 Å². The predicted molar refractivity (Wildman–Crippen MR) is 112 cm³/mol. The first-order valence-corrected chi connectivity index (χ1v) is 10.9. The molecule has 2 heteroatoms. The summed E-state index contributed by atoms with van der Waals surface area (Å²) in [6, 6.07) is 13.4. The monoisotopic (exact) mass is 360 g/mol. The van der Waals surface area contributed by atoms with Gasteiger partial charge in [-0.1, -0.05) is 38.1 Å². The second-order valence-corrected chi connectivity index (χ2v) is 9.86.